The summed E-state index contributed by atoms with van der Waals surface area (Å²) in [5, 5.41) is 7.21. The Morgan fingerprint density at radius 3 is 2.38 bits per heavy atom. The molecule has 0 fully saturated rings. The quantitative estimate of drug-likeness (QED) is 0.565. The maximum absolute atomic E-state index is 5.88. The Hall–Kier alpha value is -3.67. The molecule has 0 saturated carbocycles. The maximum Gasteiger partial charge on any atom is 0.224 e. The lowest BCUT2D eigenvalue weighted by Gasteiger charge is -2.08. The number of nitrogens with zero attached hydrogens (tertiary/aromatic N) is 3. The second-order valence-electron chi connectivity index (χ2n) is 5.65. The standard InChI is InChI=1S/C20H16N4O2/c1-14-12-17(24-23-14)15-6-4-7-16(13-15)25-19-9-5-10-20(22-19)26-18-8-2-3-11-21-18/h2-13H,1H3,(H,23,24). The van der Waals surface area contributed by atoms with E-state index in [-0.39, 0.29) is 0 Å². The lowest BCUT2D eigenvalue weighted by molar-refractivity contribution is 0.417. The normalized spacial score (nSPS) is 10.5. The zero-order chi connectivity index (χ0) is 17.8. The summed E-state index contributed by atoms with van der Waals surface area (Å²) in [4.78, 5) is 8.49. The van der Waals surface area contributed by atoms with Crippen LogP contribution in [-0.2, 0) is 0 Å². The Morgan fingerprint density at radius 1 is 0.808 bits per heavy atom. The molecule has 0 spiro atoms. The van der Waals surface area contributed by atoms with Crippen LogP contribution < -0.4 is 9.47 Å². The second kappa shape index (κ2) is 7.06. The smallest absolute Gasteiger partial charge is 0.224 e. The Labute approximate surface area is 150 Å². The molecule has 0 bridgehead atoms. The van der Waals surface area contributed by atoms with Gasteiger partial charge in [0.2, 0.25) is 17.6 Å². The highest BCUT2D eigenvalue weighted by Gasteiger charge is 2.06. The first-order chi connectivity index (χ1) is 12.8. The molecule has 6 heteroatoms. The van der Waals surface area contributed by atoms with Crippen LogP contribution in [-0.4, -0.2) is 20.2 Å². The lowest BCUT2D eigenvalue weighted by Crippen LogP contribution is -1.93. The molecule has 0 aliphatic carbocycles. The average molecular weight is 344 g/mol. The lowest BCUT2D eigenvalue weighted by atomic mass is 10.1. The van der Waals surface area contributed by atoms with E-state index in [1.165, 1.54) is 0 Å². The van der Waals surface area contributed by atoms with Crippen LogP contribution in [0.1, 0.15) is 5.69 Å². The summed E-state index contributed by atoms with van der Waals surface area (Å²) in [6, 6.07) is 20.5. The summed E-state index contributed by atoms with van der Waals surface area (Å²) in [5.74, 6) is 2.01. The van der Waals surface area contributed by atoms with Crippen LogP contribution in [0.2, 0.25) is 0 Å². The number of pyridine rings is 2. The van der Waals surface area contributed by atoms with Crippen molar-refractivity contribution in [3.05, 3.63) is 78.6 Å². The van der Waals surface area contributed by atoms with E-state index >= 15 is 0 Å². The van der Waals surface area contributed by atoms with E-state index in [4.69, 9.17) is 9.47 Å². The summed E-state index contributed by atoms with van der Waals surface area (Å²) < 4.78 is 11.5. The van der Waals surface area contributed by atoms with Gasteiger partial charge in [0, 0.05) is 35.7 Å². The number of ether oxygens (including phenoxy) is 2. The van der Waals surface area contributed by atoms with Gasteiger partial charge in [-0.05, 0) is 31.2 Å². The van der Waals surface area contributed by atoms with E-state index in [0.717, 1.165) is 17.0 Å². The topological polar surface area (TPSA) is 72.9 Å². The van der Waals surface area contributed by atoms with E-state index in [0.29, 0.717) is 23.4 Å². The number of benzene rings is 1. The molecule has 0 saturated heterocycles. The van der Waals surface area contributed by atoms with Gasteiger partial charge in [0.1, 0.15) is 5.75 Å². The van der Waals surface area contributed by atoms with Gasteiger partial charge in [0.05, 0.1) is 5.69 Å². The van der Waals surface area contributed by atoms with Crippen LogP contribution in [0.4, 0.5) is 0 Å². The van der Waals surface area contributed by atoms with E-state index < -0.39 is 0 Å². The van der Waals surface area contributed by atoms with Crippen molar-refractivity contribution in [3.63, 3.8) is 0 Å². The summed E-state index contributed by atoms with van der Waals surface area (Å²) in [6.07, 6.45) is 1.66. The van der Waals surface area contributed by atoms with Gasteiger partial charge in [-0.25, -0.2) is 4.98 Å². The average Bonchev–Trinajstić information content (AvgIpc) is 3.10. The highest BCUT2D eigenvalue weighted by molar-refractivity contribution is 5.61. The minimum Gasteiger partial charge on any atom is -0.439 e. The van der Waals surface area contributed by atoms with Crippen molar-refractivity contribution < 1.29 is 9.47 Å². The van der Waals surface area contributed by atoms with E-state index in [1.54, 1.807) is 24.4 Å². The number of rotatable bonds is 5. The van der Waals surface area contributed by atoms with Gasteiger partial charge in [-0.2, -0.15) is 10.1 Å². The van der Waals surface area contributed by atoms with Crippen molar-refractivity contribution in [1.82, 2.24) is 20.2 Å². The fourth-order valence-electron chi connectivity index (χ4n) is 2.43. The highest BCUT2D eigenvalue weighted by atomic mass is 16.5. The van der Waals surface area contributed by atoms with Crippen molar-refractivity contribution in [2.24, 2.45) is 0 Å². The molecule has 1 aromatic carbocycles. The molecule has 3 heterocycles. The minimum atomic E-state index is 0.417. The van der Waals surface area contributed by atoms with Gasteiger partial charge in [0.15, 0.2) is 0 Å². The molecule has 1 N–H and O–H groups in total. The second-order valence-corrected chi connectivity index (χ2v) is 5.65. The third-order valence-electron chi connectivity index (χ3n) is 3.60. The third-order valence-corrected chi connectivity index (χ3v) is 3.60. The van der Waals surface area contributed by atoms with Crippen molar-refractivity contribution in [1.29, 1.82) is 0 Å². The molecule has 0 unspecified atom stereocenters. The molecule has 0 aliphatic rings. The summed E-state index contributed by atoms with van der Waals surface area (Å²) in [5.41, 5.74) is 2.84. The summed E-state index contributed by atoms with van der Waals surface area (Å²) in [6.45, 7) is 1.97. The summed E-state index contributed by atoms with van der Waals surface area (Å²) >= 11 is 0. The monoisotopic (exact) mass is 344 g/mol. The fourth-order valence-corrected chi connectivity index (χ4v) is 2.43. The van der Waals surface area contributed by atoms with Crippen LogP contribution in [0.25, 0.3) is 11.3 Å². The van der Waals surface area contributed by atoms with Gasteiger partial charge >= 0.3 is 0 Å². The molecular weight excluding hydrogens is 328 g/mol. The highest BCUT2D eigenvalue weighted by Crippen LogP contribution is 2.27. The first-order valence-electron chi connectivity index (χ1n) is 8.12. The van der Waals surface area contributed by atoms with Gasteiger partial charge in [-0.15, -0.1) is 0 Å². The minimum absolute atomic E-state index is 0.417. The van der Waals surface area contributed by atoms with Crippen LogP contribution in [0.3, 0.4) is 0 Å². The van der Waals surface area contributed by atoms with Crippen LogP contribution in [0.15, 0.2) is 72.9 Å². The molecule has 3 aromatic heterocycles. The predicted octanol–water partition coefficient (Wildman–Crippen LogP) is 4.76. The first-order valence-corrected chi connectivity index (χ1v) is 8.12. The van der Waals surface area contributed by atoms with Gasteiger partial charge in [-0.1, -0.05) is 24.3 Å². The largest absolute Gasteiger partial charge is 0.439 e. The zero-order valence-electron chi connectivity index (χ0n) is 14.1. The number of hydrogen-bond donors (Lipinski definition) is 1. The van der Waals surface area contributed by atoms with E-state index in [1.807, 2.05) is 55.5 Å². The number of nitrogens with one attached hydrogen (secondary N) is 1. The molecular formula is C20H16N4O2. The Kier molecular flexibility index (Phi) is 4.30. The number of aryl methyl sites for hydroxylation is 1. The van der Waals surface area contributed by atoms with Gasteiger partial charge in [-0.3, -0.25) is 5.10 Å². The molecule has 26 heavy (non-hydrogen) atoms. The number of H-pyrrole nitrogens is 1. The van der Waals surface area contributed by atoms with Crippen LogP contribution >= 0.6 is 0 Å². The SMILES string of the molecule is Cc1cc(-c2cccc(Oc3cccc(Oc4ccccn4)n3)c2)n[nH]1. The van der Waals surface area contributed by atoms with E-state index in [9.17, 15) is 0 Å². The van der Waals surface area contributed by atoms with Gasteiger partial charge in [0.25, 0.3) is 0 Å². The number of aromatic amines is 1. The number of aromatic nitrogens is 4. The van der Waals surface area contributed by atoms with Crippen molar-refractivity contribution in [2.45, 2.75) is 6.92 Å². The predicted molar refractivity (Wildman–Crippen MR) is 97.4 cm³/mol. The Morgan fingerprint density at radius 2 is 1.62 bits per heavy atom. The van der Waals surface area contributed by atoms with Gasteiger partial charge < -0.3 is 9.47 Å². The summed E-state index contributed by atoms with van der Waals surface area (Å²) in [7, 11) is 0. The molecule has 0 atom stereocenters. The first kappa shape index (κ1) is 15.8. The zero-order valence-corrected chi connectivity index (χ0v) is 14.1. The van der Waals surface area contributed by atoms with Crippen LogP contribution in [0, 0.1) is 6.92 Å². The van der Waals surface area contributed by atoms with Crippen molar-refractivity contribution in [3.8, 4) is 34.6 Å². The van der Waals surface area contributed by atoms with Crippen molar-refractivity contribution in [2.75, 3.05) is 0 Å². The Balaban J connectivity index is 1.53. The molecule has 0 amide bonds. The molecule has 4 aromatic rings. The number of hydrogen-bond acceptors (Lipinski definition) is 5. The molecule has 0 radical (unpaired) electrons. The third kappa shape index (κ3) is 3.70. The fraction of sp³-hybridized carbons (Fsp3) is 0.0500. The molecule has 4 rings (SSSR count). The van der Waals surface area contributed by atoms with E-state index in [2.05, 4.69) is 20.2 Å². The Bertz CT molecular complexity index is 1020. The van der Waals surface area contributed by atoms with Crippen LogP contribution in [0.5, 0.6) is 23.4 Å². The molecule has 0 aliphatic heterocycles. The maximum atomic E-state index is 5.88. The molecule has 6 nitrogen and oxygen atoms in total. The van der Waals surface area contributed by atoms with Crippen molar-refractivity contribution >= 4 is 0 Å². The molecule has 128 valence electrons.